The van der Waals surface area contributed by atoms with Crippen molar-refractivity contribution in [2.24, 2.45) is 5.41 Å². The van der Waals surface area contributed by atoms with Gasteiger partial charge < -0.3 is 4.74 Å². The van der Waals surface area contributed by atoms with E-state index in [1.807, 2.05) is 6.07 Å². The van der Waals surface area contributed by atoms with Gasteiger partial charge in [-0.2, -0.15) is 0 Å². The van der Waals surface area contributed by atoms with E-state index in [1.54, 1.807) is 11.7 Å². The first kappa shape index (κ1) is 14.1. The molecule has 6 heteroatoms. The highest BCUT2D eigenvalue weighted by molar-refractivity contribution is 5.93. The molecule has 4 rings (SSSR count). The molecule has 3 heterocycles. The van der Waals surface area contributed by atoms with E-state index < -0.39 is 5.91 Å². The second-order valence-electron chi connectivity index (χ2n) is 6.75. The minimum Gasteiger partial charge on any atom is -0.380 e. The molecule has 0 bridgehead atoms. The maximum atomic E-state index is 11.5. The van der Waals surface area contributed by atoms with Crippen molar-refractivity contribution in [1.29, 1.82) is 0 Å². The third-order valence-electron chi connectivity index (χ3n) is 5.52. The molecule has 2 N–H and O–H groups in total. The second kappa shape index (κ2) is 5.30. The minimum atomic E-state index is -0.501. The van der Waals surface area contributed by atoms with Gasteiger partial charge in [-0.15, -0.1) is 0 Å². The average Bonchev–Trinajstić information content (AvgIpc) is 2.98. The number of pyridine rings is 1. The van der Waals surface area contributed by atoms with Crippen LogP contribution < -0.4 is 5.48 Å². The summed E-state index contributed by atoms with van der Waals surface area (Å²) in [5, 5.41) is 8.72. The average molecular weight is 303 g/mol. The molecule has 118 valence electrons. The Morgan fingerprint density at radius 1 is 1.50 bits per heavy atom. The summed E-state index contributed by atoms with van der Waals surface area (Å²) in [6, 6.07) is 2.46. The lowest BCUT2D eigenvalue weighted by atomic mass is 9.79. The minimum absolute atomic E-state index is 0.383. The first-order chi connectivity index (χ1) is 10.7. The summed E-state index contributed by atoms with van der Waals surface area (Å²) in [7, 11) is 0. The molecule has 6 nitrogen and oxygen atoms in total. The first-order valence-electron chi connectivity index (χ1n) is 7.96. The van der Waals surface area contributed by atoms with E-state index in [0.29, 0.717) is 17.0 Å². The third kappa shape index (κ3) is 2.14. The number of carbonyl (C=O) groups is 1. The van der Waals surface area contributed by atoms with Crippen LogP contribution >= 0.6 is 0 Å². The summed E-state index contributed by atoms with van der Waals surface area (Å²) in [6.45, 7) is 3.67. The van der Waals surface area contributed by atoms with Gasteiger partial charge in [0, 0.05) is 30.7 Å². The Bertz CT molecular complexity index is 600. The Balaban J connectivity index is 1.53. The van der Waals surface area contributed by atoms with Gasteiger partial charge in [0.1, 0.15) is 0 Å². The van der Waals surface area contributed by atoms with Gasteiger partial charge >= 0.3 is 0 Å². The zero-order valence-corrected chi connectivity index (χ0v) is 12.5. The molecule has 1 saturated heterocycles. The summed E-state index contributed by atoms with van der Waals surface area (Å²) < 4.78 is 5.49. The van der Waals surface area contributed by atoms with E-state index in [2.05, 4.69) is 9.88 Å². The largest absolute Gasteiger partial charge is 0.380 e. The SMILES string of the molecule is O=C(NO)c1cnc2c(c1)CCN([C@H]1CCCC13COC3)C2. The third-order valence-corrected chi connectivity index (χ3v) is 5.52. The number of hydrogen-bond donors (Lipinski definition) is 2. The summed E-state index contributed by atoms with van der Waals surface area (Å²) in [6.07, 6.45) is 6.28. The molecule has 1 amide bonds. The molecular weight excluding hydrogens is 282 g/mol. The maximum Gasteiger partial charge on any atom is 0.276 e. The van der Waals surface area contributed by atoms with Crippen LogP contribution in [-0.2, 0) is 17.7 Å². The van der Waals surface area contributed by atoms with Gasteiger partial charge in [0.05, 0.1) is 24.5 Å². The van der Waals surface area contributed by atoms with Crippen molar-refractivity contribution in [2.45, 2.75) is 38.3 Å². The van der Waals surface area contributed by atoms with Gasteiger partial charge in [0.2, 0.25) is 0 Å². The van der Waals surface area contributed by atoms with Gasteiger partial charge in [0.15, 0.2) is 0 Å². The summed E-state index contributed by atoms with van der Waals surface area (Å²) in [4.78, 5) is 18.5. The number of aromatic nitrogens is 1. The molecule has 1 saturated carbocycles. The molecule has 1 aromatic rings. The molecule has 1 spiro atoms. The van der Waals surface area contributed by atoms with E-state index in [1.165, 1.54) is 19.3 Å². The molecule has 0 radical (unpaired) electrons. The lowest BCUT2D eigenvalue weighted by Crippen LogP contribution is -2.56. The number of rotatable bonds is 2. The van der Waals surface area contributed by atoms with Crippen molar-refractivity contribution in [3.63, 3.8) is 0 Å². The monoisotopic (exact) mass is 303 g/mol. The Morgan fingerprint density at radius 2 is 2.36 bits per heavy atom. The fraction of sp³-hybridized carbons (Fsp3) is 0.625. The number of amides is 1. The fourth-order valence-electron chi connectivity index (χ4n) is 4.28. The Kier molecular flexibility index (Phi) is 3.40. The Hall–Kier alpha value is -1.50. The van der Waals surface area contributed by atoms with E-state index in [9.17, 15) is 4.79 Å². The molecule has 1 atom stereocenters. The number of nitrogens with one attached hydrogen (secondary N) is 1. The van der Waals surface area contributed by atoms with Crippen LogP contribution in [0.4, 0.5) is 0 Å². The van der Waals surface area contributed by atoms with Crippen LogP contribution in [0.2, 0.25) is 0 Å². The molecule has 1 aromatic heterocycles. The fourth-order valence-corrected chi connectivity index (χ4v) is 4.28. The van der Waals surface area contributed by atoms with E-state index >= 15 is 0 Å². The predicted molar refractivity (Wildman–Crippen MR) is 78.5 cm³/mol. The topological polar surface area (TPSA) is 74.7 Å². The summed E-state index contributed by atoms with van der Waals surface area (Å²) in [5.41, 5.74) is 4.64. The van der Waals surface area contributed by atoms with Crippen LogP contribution in [0.5, 0.6) is 0 Å². The molecule has 0 aromatic carbocycles. The molecule has 2 fully saturated rings. The number of hydrogen-bond acceptors (Lipinski definition) is 5. The zero-order chi connectivity index (χ0) is 15.2. The van der Waals surface area contributed by atoms with Crippen LogP contribution in [0.25, 0.3) is 0 Å². The number of hydroxylamine groups is 1. The lowest BCUT2D eigenvalue weighted by molar-refractivity contribution is -0.144. The normalized spacial score (nSPS) is 26.5. The van der Waals surface area contributed by atoms with Crippen molar-refractivity contribution in [3.8, 4) is 0 Å². The highest BCUT2D eigenvalue weighted by Gasteiger charge is 2.51. The van der Waals surface area contributed by atoms with Crippen molar-refractivity contribution in [1.82, 2.24) is 15.4 Å². The van der Waals surface area contributed by atoms with E-state index in [0.717, 1.165) is 44.0 Å². The quantitative estimate of drug-likeness (QED) is 0.633. The van der Waals surface area contributed by atoms with Crippen molar-refractivity contribution in [3.05, 3.63) is 29.1 Å². The number of fused-ring (bicyclic) bond motifs is 1. The number of nitrogens with zero attached hydrogens (tertiary/aromatic N) is 2. The first-order valence-corrected chi connectivity index (χ1v) is 7.96. The van der Waals surface area contributed by atoms with Crippen molar-refractivity contribution < 1.29 is 14.7 Å². The van der Waals surface area contributed by atoms with Crippen LogP contribution in [0, 0.1) is 5.41 Å². The van der Waals surface area contributed by atoms with Gasteiger partial charge in [-0.25, -0.2) is 5.48 Å². The van der Waals surface area contributed by atoms with Gasteiger partial charge in [-0.1, -0.05) is 6.42 Å². The van der Waals surface area contributed by atoms with Crippen LogP contribution in [0.3, 0.4) is 0 Å². The van der Waals surface area contributed by atoms with Crippen molar-refractivity contribution >= 4 is 5.91 Å². The molecule has 3 aliphatic rings. The standard InChI is InChI=1S/C16H21N3O3/c20-15(18-21)12-6-11-3-5-19(8-13(11)17-7-12)14-2-1-4-16(14)9-22-10-16/h6-7,14,21H,1-5,8-10H2,(H,18,20)/t14-/m0/s1. The molecule has 22 heavy (non-hydrogen) atoms. The number of ether oxygens (including phenoxy) is 1. The zero-order valence-electron chi connectivity index (χ0n) is 12.5. The van der Waals surface area contributed by atoms with E-state index in [4.69, 9.17) is 9.94 Å². The molecule has 0 unspecified atom stereocenters. The van der Waals surface area contributed by atoms with Crippen LogP contribution in [0.1, 0.15) is 40.9 Å². The van der Waals surface area contributed by atoms with Crippen molar-refractivity contribution in [2.75, 3.05) is 19.8 Å². The number of carbonyl (C=O) groups excluding carboxylic acids is 1. The van der Waals surface area contributed by atoms with Gasteiger partial charge in [0.25, 0.3) is 5.91 Å². The molecule has 2 aliphatic heterocycles. The smallest absolute Gasteiger partial charge is 0.276 e. The van der Waals surface area contributed by atoms with Gasteiger partial charge in [-0.05, 0) is 30.9 Å². The molecular formula is C16H21N3O3. The second-order valence-corrected chi connectivity index (χ2v) is 6.75. The Morgan fingerprint density at radius 3 is 3.09 bits per heavy atom. The van der Waals surface area contributed by atoms with Gasteiger partial charge in [-0.3, -0.25) is 19.9 Å². The Labute approximate surface area is 129 Å². The summed E-state index contributed by atoms with van der Waals surface area (Å²) >= 11 is 0. The van der Waals surface area contributed by atoms with Crippen LogP contribution in [-0.4, -0.2) is 46.8 Å². The maximum absolute atomic E-state index is 11.5. The highest BCUT2D eigenvalue weighted by Crippen LogP contribution is 2.47. The highest BCUT2D eigenvalue weighted by atomic mass is 16.5. The molecule has 1 aliphatic carbocycles. The summed E-state index contributed by atoms with van der Waals surface area (Å²) in [5.74, 6) is -0.501. The predicted octanol–water partition coefficient (Wildman–Crippen LogP) is 1.13. The van der Waals surface area contributed by atoms with Crippen LogP contribution in [0.15, 0.2) is 12.3 Å². The lowest BCUT2D eigenvalue weighted by Gasteiger charge is -2.48. The van der Waals surface area contributed by atoms with E-state index in [-0.39, 0.29) is 0 Å².